The van der Waals surface area contributed by atoms with Crippen LogP contribution in [0.1, 0.15) is 12.8 Å². The largest absolute Gasteiger partial charge is 0.305 e. The Balaban J connectivity index is 1.65. The summed E-state index contributed by atoms with van der Waals surface area (Å²) in [7, 11) is -3.86. The summed E-state index contributed by atoms with van der Waals surface area (Å²) in [5, 5.41) is 14.4. The normalized spacial score (nSPS) is 19.5. The molecule has 3 aromatic rings. The van der Waals surface area contributed by atoms with Crippen molar-refractivity contribution in [3.8, 4) is 0 Å². The van der Waals surface area contributed by atoms with E-state index in [1.54, 1.807) is 0 Å². The zero-order valence-electron chi connectivity index (χ0n) is 22.6. The van der Waals surface area contributed by atoms with E-state index >= 15 is 0 Å². The fourth-order valence-electron chi connectivity index (χ4n) is 5.53. The Labute approximate surface area is 234 Å². The number of nitrogens with one attached hydrogen (secondary N) is 1. The molecular weight excluding hydrogens is 556 g/mol. The number of fused-ring (bicyclic) bond motifs is 2. The second-order valence-corrected chi connectivity index (χ2v) is 14.3. The zero-order chi connectivity index (χ0) is 28.7. The molecule has 0 atom stereocenters. The van der Waals surface area contributed by atoms with Crippen LogP contribution < -0.4 is 5.48 Å². The molecule has 0 spiro atoms. The molecule has 0 aromatic heterocycles. The van der Waals surface area contributed by atoms with Gasteiger partial charge in [0, 0.05) is 60.8 Å². The molecule has 2 aliphatic heterocycles. The van der Waals surface area contributed by atoms with E-state index < -0.39 is 20.0 Å². The highest BCUT2D eigenvalue weighted by Gasteiger charge is 2.29. The van der Waals surface area contributed by atoms with Crippen LogP contribution in [-0.4, -0.2) is 107 Å². The van der Waals surface area contributed by atoms with Crippen molar-refractivity contribution in [2.24, 2.45) is 5.18 Å². The van der Waals surface area contributed by atoms with Gasteiger partial charge in [-0.15, -0.1) is 4.91 Å². The molecule has 0 radical (unpaired) electrons. The van der Waals surface area contributed by atoms with Gasteiger partial charge in [-0.25, -0.2) is 16.8 Å². The summed E-state index contributed by atoms with van der Waals surface area (Å²) in [5.74, 6) is 0. The van der Waals surface area contributed by atoms with E-state index in [-0.39, 0.29) is 31.9 Å². The first-order valence-corrected chi connectivity index (χ1v) is 16.1. The summed E-state index contributed by atoms with van der Waals surface area (Å²) in [6, 6.07) is 8.70. The van der Waals surface area contributed by atoms with E-state index in [4.69, 9.17) is 0 Å². The van der Waals surface area contributed by atoms with Gasteiger partial charge in [-0.2, -0.15) is 8.61 Å². The van der Waals surface area contributed by atoms with Crippen molar-refractivity contribution < 1.29 is 22.0 Å². The van der Waals surface area contributed by atoms with Crippen LogP contribution in [0.5, 0.6) is 0 Å². The van der Waals surface area contributed by atoms with Gasteiger partial charge < -0.3 is 9.80 Å². The Bertz CT molecular complexity index is 1550. The van der Waals surface area contributed by atoms with Gasteiger partial charge in [-0.05, 0) is 69.5 Å². The first-order chi connectivity index (χ1) is 19.1. The maximum Gasteiger partial charge on any atom is 0.243 e. The lowest BCUT2D eigenvalue weighted by atomic mass is 9.99. The third-order valence-corrected chi connectivity index (χ3v) is 11.7. The van der Waals surface area contributed by atoms with Crippen LogP contribution in [0.25, 0.3) is 21.5 Å². The van der Waals surface area contributed by atoms with Crippen LogP contribution in [0.4, 0.5) is 11.4 Å². The molecule has 0 bridgehead atoms. The lowest BCUT2D eigenvalue weighted by Gasteiger charge is -2.22. The number of anilines is 1. The van der Waals surface area contributed by atoms with Crippen LogP contribution in [0.2, 0.25) is 0 Å². The summed E-state index contributed by atoms with van der Waals surface area (Å²) in [5.41, 5.74) is 2.29. The van der Waals surface area contributed by atoms with Gasteiger partial charge in [-0.1, -0.05) is 12.1 Å². The Morgan fingerprint density at radius 3 is 1.52 bits per heavy atom. The van der Waals surface area contributed by atoms with Crippen LogP contribution in [-0.2, 0) is 20.0 Å². The lowest BCUT2D eigenvalue weighted by Crippen LogP contribution is -2.34. The molecule has 2 saturated heterocycles. The minimum Gasteiger partial charge on any atom is -0.305 e. The summed E-state index contributed by atoms with van der Waals surface area (Å²) < 4.78 is 57.1. The topological polar surface area (TPSA) is 143 Å². The molecule has 2 aliphatic rings. The van der Waals surface area contributed by atoms with Crippen LogP contribution in [0.3, 0.4) is 0 Å². The molecule has 0 aliphatic carbocycles. The number of nitroso groups, excluding NO2 is 1. The lowest BCUT2D eigenvalue weighted by molar-refractivity contribution is 0.347. The van der Waals surface area contributed by atoms with Crippen LogP contribution >= 0.6 is 0 Å². The van der Waals surface area contributed by atoms with E-state index in [2.05, 4.69) is 20.5 Å². The van der Waals surface area contributed by atoms with Gasteiger partial charge in [0.05, 0.1) is 15.5 Å². The van der Waals surface area contributed by atoms with Crippen molar-refractivity contribution in [1.29, 1.82) is 0 Å². The van der Waals surface area contributed by atoms with E-state index in [0.717, 1.165) is 13.1 Å². The molecule has 2 fully saturated rings. The molecule has 0 saturated carbocycles. The molecule has 0 amide bonds. The molecule has 14 heteroatoms. The van der Waals surface area contributed by atoms with E-state index in [1.807, 2.05) is 14.1 Å². The van der Waals surface area contributed by atoms with Crippen molar-refractivity contribution >= 4 is 53.0 Å². The fourth-order valence-corrected chi connectivity index (χ4v) is 8.52. The van der Waals surface area contributed by atoms with Gasteiger partial charge >= 0.3 is 0 Å². The molecule has 5 rings (SSSR count). The number of rotatable bonds is 6. The van der Waals surface area contributed by atoms with Crippen molar-refractivity contribution in [3.63, 3.8) is 0 Å². The third kappa shape index (κ3) is 5.20. The smallest absolute Gasteiger partial charge is 0.243 e. The predicted octanol–water partition coefficient (Wildman–Crippen LogP) is 2.84. The Kier molecular flexibility index (Phi) is 8.12. The van der Waals surface area contributed by atoms with Crippen LogP contribution in [0, 0.1) is 4.91 Å². The van der Waals surface area contributed by atoms with E-state index in [9.17, 15) is 26.9 Å². The second-order valence-electron chi connectivity index (χ2n) is 10.5. The maximum atomic E-state index is 13.6. The number of hydrogen-bond donors (Lipinski definition) is 2. The number of benzene rings is 3. The SMILES string of the molecule is CN1CCCN(S(=O)(=O)c2ccc3c(NO)c4ccc(S(=O)(=O)N5CCCN(C)CC5)cc4c(N=O)c3c2)CC1. The molecule has 2 heterocycles. The van der Waals surface area contributed by atoms with Crippen LogP contribution in [0.15, 0.2) is 51.4 Å². The minimum atomic E-state index is -3.88. The summed E-state index contributed by atoms with van der Waals surface area (Å²) in [4.78, 5) is 16.4. The Hall–Kier alpha value is -2.72. The van der Waals surface area contributed by atoms with Crippen molar-refractivity contribution in [1.82, 2.24) is 18.4 Å². The average Bonchev–Trinajstić information content (AvgIpc) is 3.31. The quantitative estimate of drug-likeness (QED) is 0.252. The standard InChI is InChI=1S/C26H34N6O6S2/c1-29-9-3-11-31(15-13-29)39(35,36)19-5-7-21-23(17-19)26(28-34)24-18-20(6-8-22(24)25(21)27-33)40(37,38)32-12-4-10-30(2)14-16-32/h5-8,17-18,27,33H,3-4,9-16H2,1-2H3. The zero-order valence-corrected chi connectivity index (χ0v) is 24.2. The van der Waals surface area contributed by atoms with Crippen molar-refractivity contribution in [2.75, 3.05) is 71.9 Å². The minimum absolute atomic E-state index is 0.00449. The molecule has 0 unspecified atom stereocenters. The molecule has 40 heavy (non-hydrogen) atoms. The predicted molar refractivity (Wildman–Crippen MR) is 154 cm³/mol. The maximum absolute atomic E-state index is 13.6. The summed E-state index contributed by atoms with van der Waals surface area (Å²) in [6.45, 7) is 4.20. The highest BCUT2D eigenvalue weighted by molar-refractivity contribution is 7.89. The number of hydrogen-bond acceptors (Lipinski definition) is 10. The molecule has 3 aromatic carbocycles. The highest BCUT2D eigenvalue weighted by Crippen LogP contribution is 2.43. The first-order valence-electron chi connectivity index (χ1n) is 13.2. The van der Waals surface area contributed by atoms with Gasteiger partial charge in [0.15, 0.2) is 0 Å². The van der Waals surface area contributed by atoms with E-state index in [0.29, 0.717) is 62.9 Å². The molecule has 216 valence electrons. The highest BCUT2D eigenvalue weighted by atomic mass is 32.2. The van der Waals surface area contributed by atoms with Crippen molar-refractivity contribution in [3.05, 3.63) is 41.3 Å². The molecular formula is C26H34N6O6S2. The van der Waals surface area contributed by atoms with Crippen molar-refractivity contribution in [2.45, 2.75) is 22.6 Å². The number of nitrogens with zero attached hydrogens (tertiary/aromatic N) is 5. The molecule has 12 nitrogen and oxygen atoms in total. The number of sulfonamides is 2. The Morgan fingerprint density at radius 2 is 1.12 bits per heavy atom. The second kappa shape index (κ2) is 11.3. The average molecular weight is 591 g/mol. The fraction of sp³-hybridized carbons (Fsp3) is 0.462. The third-order valence-electron chi connectivity index (χ3n) is 7.87. The Morgan fingerprint density at radius 1 is 0.675 bits per heavy atom. The summed E-state index contributed by atoms with van der Waals surface area (Å²) >= 11 is 0. The molecule has 2 N–H and O–H groups in total. The van der Waals surface area contributed by atoms with E-state index in [1.165, 1.54) is 45.0 Å². The summed E-state index contributed by atoms with van der Waals surface area (Å²) in [6.07, 6.45) is 1.39. The van der Waals surface area contributed by atoms with Gasteiger partial charge in [0.1, 0.15) is 5.69 Å². The monoisotopic (exact) mass is 590 g/mol. The first kappa shape index (κ1) is 28.8. The van der Waals surface area contributed by atoms with Gasteiger partial charge in [0.2, 0.25) is 20.0 Å². The van der Waals surface area contributed by atoms with Gasteiger partial charge in [-0.3, -0.25) is 10.7 Å². The van der Waals surface area contributed by atoms with Gasteiger partial charge in [0.25, 0.3) is 0 Å². The number of likely N-dealkylation sites (N-methyl/N-ethyl adjacent to an activating group) is 2.